The van der Waals surface area contributed by atoms with Crippen LogP contribution in [0.4, 0.5) is 5.69 Å². The van der Waals surface area contributed by atoms with Crippen LogP contribution in [0.1, 0.15) is 26.2 Å². The van der Waals surface area contributed by atoms with Gasteiger partial charge in [0.1, 0.15) is 4.90 Å². The first-order chi connectivity index (χ1) is 7.97. The first-order valence-corrected chi connectivity index (χ1v) is 7.79. The van der Waals surface area contributed by atoms with Gasteiger partial charge < -0.3 is 5.73 Å². The van der Waals surface area contributed by atoms with Gasteiger partial charge in [0.2, 0.25) is 10.0 Å². The molecule has 0 fully saturated rings. The van der Waals surface area contributed by atoms with Crippen LogP contribution >= 0.6 is 15.9 Å². The smallest absolute Gasteiger partial charge is 0.242 e. The summed E-state index contributed by atoms with van der Waals surface area (Å²) in [6, 6.07) is 4.75. The Labute approximate surface area is 111 Å². The molecule has 4 nitrogen and oxygen atoms in total. The number of hydrogen-bond donors (Lipinski definition) is 2. The highest BCUT2D eigenvalue weighted by Crippen LogP contribution is 2.22. The Morgan fingerprint density at radius 3 is 2.65 bits per heavy atom. The zero-order valence-electron chi connectivity index (χ0n) is 9.74. The maximum Gasteiger partial charge on any atom is 0.242 e. The van der Waals surface area contributed by atoms with Crippen molar-refractivity contribution in [3.05, 3.63) is 22.7 Å². The summed E-state index contributed by atoms with van der Waals surface area (Å²) in [5.41, 5.74) is 5.94. The molecule has 0 amide bonds. The van der Waals surface area contributed by atoms with Crippen molar-refractivity contribution < 1.29 is 8.42 Å². The van der Waals surface area contributed by atoms with Gasteiger partial charge in [-0.2, -0.15) is 0 Å². The number of hydrogen-bond acceptors (Lipinski definition) is 3. The summed E-state index contributed by atoms with van der Waals surface area (Å²) < 4.78 is 27.2. The van der Waals surface area contributed by atoms with Crippen molar-refractivity contribution in [1.82, 2.24) is 4.72 Å². The van der Waals surface area contributed by atoms with E-state index in [0.717, 1.165) is 23.7 Å². The molecule has 17 heavy (non-hydrogen) atoms. The van der Waals surface area contributed by atoms with Crippen LogP contribution in [0.25, 0.3) is 0 Å². The zero-order chi connectivity index (χ0) is 12.9. The second kappa shape index (κ2) is 6.37. The Balaban J connectivity index is 2.76. The lowest BCUT2D eigenvalue weighted by molar-refractivity contribution is 0.576. The molecular weight excluding hydrogens is 304 g/mol. The van der Waals surface area contributed by atoms with Crippen molar-refractivity contribution >= 4 is 31.6 Å². The summed E-state index contributed by atoms with van der Waals surface area (Å²) in [7, 11) is -3.48. The fourth-order valence-corrected chi connectivity index (χ4v) is 2.99. The molecule has 0 saturated carbocycles. The topological polar surface area (TPSA) is 72.2 Å². The lowest BCUT2D eigenvalue weighted by Crippen LogP contribution is -2.25. The second-order valence-corrected chi connectivity index (χ2v) is 6.44. The highest BCUT2D eigenvalue weighted by atomic mass is 79.9. The third-order valence-electron chi connectivity index (χ3n) is 2.33. The van der Waals surface area contributed by atoms with Gasteiger partial charge in [-0.05, 0) is 24.6 Å². The molecule has 3 N–H and O–H groups in total. The maximum atomic E-state index is 11.9. The number of nitrogens with one attached hydrogen (secondary N) is 1. The van der Waals surface area contributed by atoms with Gasteiger partial charge in [0.25, 0.3) is 0 Å². The highest BCUT2D eigenvalue weighted by Gasteiger charge is 2.16. The molecule has 0 bridgehead atoms. The second-order valence-electron chi connectivity index (χ2n) is 3.79. The molecule has 0 aliphatic heterocycles. The van der Waals surface area contributed by atoms with Crippen LogP contribution in [-0.4, -0.2) is 15.0 Å². The van der Waals surface area contributed by atoms with E-state index in [1.54, 1.807) is 12.1 Å². The molecule has 6 heteroatoms. The molecule has 0 spiro atoms. The van der Waals surface area contributed by atoms with Crippen molar-refractivity contribution in [3.63, 3.8) is 0 Å². The molecule has 0 radical (unpaired) electrons. The number of halogens is 1. The van der Waals surface area contributed by atoms with E-state index >= 15 is 0 Å². The summed E-state index contributed by atoms with van der Waals surface area (Å²) in [6.07, 6.45) is 2.91. The molecule has 0 aliphatic rings. The summed E-state index contributed by atoms with van der Waals surface area (Å²) >= 11 is 3.24. The van der Waals surface area contributed by atoms with Crippen LogP contribution in [0.5, 0.6) is 0 Å². The van der Waals surface area contributed by atoms with Crippen LogP contribution in [0.3, 0.4) is 0 Å². The molecule has 0 unspecified atom stereocenters. The normalized spacial score (nSPS) is 11.6. The predicted octanol–water partition coefficient (Wildman–Crippen LogP) is 2.50. The minimum Gasteiger partial charge on any atom is -0.398 e. The van der Waals surface area contributed by atoms with E-state index in [9.17, 15) is 8.42 Å². The first kappa shape index (κ1) is 14.5. The monoisotopic (exact) mass is 320 g/mol. The molecule has 0 aliphatic carbocycles. The Morgan fingerprint density at radius 2 is 2.06 bits per heavy atom. The number of sulfonamides is 1. The van der Waals surface area contributed by atoms with Crippen LogP contribution in [0.15, 0.2) is 27.6 Å². The van der Waals surface area contributed by atoms with Gasteiger partial charge in [0.15, 0.2) is 0 Å². The molecule has 1 aromatic carbocycles. The van der Waals surface area contributed by atoms with Gasteiger partial charge in [0, 0.05) is 11.0 Å². The van der Waals surface area contributed by atoms with E-state index in [0.29, 0.717) is 6.54 Å². The van der Waals surface area contributed by atoms with Gasteiger partial charge in [0.05, 0.1) is 5.69 Å². The van der Waals surface area contributed by atoms with E-state index in [-0.39, 0.29) is 10.6 Å². The van der Waals surface area contributed by atoms with Crippen molar-refractivity contribution in [1.29, 1.82) is 0 Å². The third-order valence-corrected chi connectivity index (χ3v) is 4.36. The lowest BCUT2D eigenvalue weighted by atomic mass is 10.3. The van der Waals surface area contributed by atoms with Crippen LogP contribution in [0, 0.1) is 0 Å². The maximum absolute atomic E-state index is 11.9. The summed E-state index contributed by atoms with van der Waals surface area (Å²) in [4.78, 5) is 0.136. The zero-order valence-corrected chi connectivity index (χ0v) is 12.1. The number of nitrogens with two attached hydrogens (primary N) is 1. The Bertz CT molecular complexity index is 474. The van der Waals surface area contributed by atoms with Gasteiger partial charge in [-0.1, -0.05) is 35.7 Å². The fraction of sp³-hybridized carbons (Fsp3) is 0.455. The molecule has 0 heterocycles. The molecule has 0 aromatic heterocycles. The van der Waals surface area contributed by atoms with E-state index in [2.05, 4.69) is 27.6 Å². The number of anilines is 1. The van der Waals surface area contributed by atoms with Gasteiger partial charge in [-0.3, -0.25) is 0 Å². The molecule has 96 valence electrons. The molecule has 0 saturated heterocycles. The average molecular weight is 321 g/mol. The lowest BCUT2D eigenvalue weighted by Gasteiger charge is -2.09. The molecular formula is C11H17BrN2O2S. The van der Waals surface area contributed by atoms with Crippen LogP contribution in [-0.2, 0) is 10.0 Å². The molecule has 1 rings (SSSR count). The van der Waals surface area contributed by atoms with Gasteiger partial charge >= 0.3 is 0 Å². The third kappa shape index (κ3) is 4.29. The van der Waals surface area contributed by atoms with E-state index in [4.69, 9.17) is 5.73 Å². The Kier molecular flexibility index (Phi) is 5.42. The van der Waals surface area contributed by atoms with Crippen molar-refractivity contribution in [2.24, 2.45) is 0 Å². The fourth-order valence-electron chi connectivity index (χ4n) is 1.42. The highest BCUT2D eigenvalue weighted by molar-refractivity contribution is 9.10. The number of unbranched alkanes of at least 4 members (excludes halogenated alkanes) is 2. The summed E-state index contributed by atoms with van der Waals surface area (Å²) in [5, 5.41) is 0. The van der Waals surface area contributed by atoms with E-state index in [1.807, 2.05) is 0 Å². The summed E-state index contributed by atoms with van der Waals surface area (Å²) in [5.74, 6) is 0. The number of nitrogen functional groups attached to an aromatic ring is 1. The summed E-state index contributed by atoms with van der Waals surface area (Å²) in [6.45, 7) is 2.52. The van der Waals surface area contributed by atoms with Crippen LogP contribution < -0.4 is 10.5 Å². The Hall–Kier alpha value is -0.590. The quantitative estimate of drug-likeness (QED) is 0.624. The SMILES string of the molecule is CCCCCNS(=O)(=O)c1ccc(Br)cc1N. The largest absolute Gasteiger partial charge is 0.398 e. The van der Waals surface area contributed by atoms with Gasteiger partial charge in [-0.25, -0.2) is 13.1 Å². The Morgan fingerprint density at radius 1 is 1.35 bits per heavy atom. The van der Waals surface area contributed by atoms with Crippen molar-refractivity contribution in [3.8, 4) is 0 Å². The predicted molar refractivity (Wildman–Crippen MR) is 73.3 cm³/mol. The van der Waals surface area contributed by atoms with E-state index < -0.39 is 10.0 Å². The van der Waals surface area contributed by atoms with Crippen LogP contribution in [0.2, 0.25) is 0 Å². The van der Waals surface area contributed by atoms with Crippen molar-refractivity contribution in [2.75, 3.05) is 12.3 Å². The average Bonchev–Trinajstić information content (AvgIpc) is 2.24. The number of rotatable bonds is 6. The van der Waals surface area contributed by atoms with Gasteiger partial charge in [-0.15, -0.1) is 0 Å². The molecule has 0 atom stereocenters. The van der Waals surface area contributed by atoms with Crippen molar-refractivity contribution in [2.45, 2.75) is 31.1 Å². The van der Waals surface area contributed by atoms with E-state index in [1.165, 1.54) is 6.07 Å². The molecule has 1 aromatic rings. The number of benzene rings is 1. The minimum absolute atomic E-state index is 0.136. The minimum atomic E-state index is -3.48. The standard InChI is InChI=1S/C11H17BrN2O2S/c1-2-3-4-7-14-17(15,16)11-6-5-9(12)8-10(11)13/h5-6,8,14H,2-4,7,13H2,1H3. The first-order valence-electron chi connectivity index (χ1n) is 5.52.